The SMILES string of the molecule is CC(C)(C)OC(=O)N1CCN(C(=O)Cc2cccc(OCC(=O)O)c2)CC1. The second-order valence-corrected chi connectivity index (χ2v) is 7.35. The molecule has 0 aliphatic carbocycles. The van der Waals surface area contributed by atoms with E-state index in [1.54, 1.807) is 34.1 Å². The van der Waals surface area contributed by atoms with Crippen molar-refractivity contribution in [3.8, 4) is 5.75 Å². The van der Waals surface area contributed by atoms with Gasteiger partial charge < -0.3 is 24.4 Å². The predicted octanol–water partition coefficient (Wildman–Crippen LogP) is 1.77. The summed E-state index contributed by atoms with van der Waals surface area (Å²) >= 11 is 0. The summed E-state index contributed by atoms with van der Waals surface area (Å²) in [5.74, 6) is -0.689. The largest absolute Gasteiger partial charge is 0.482 e. The molecule has 8 heteroatoms. The molecular weight excluding hydrogens is 352 g/mol. The van der Waals surface area contributed by atoms with E-state index in [2.05, 4.69) is 0 Å². The van der Waals surface area contributed by atoms with Crippen LogP contribution in [-0.4, -0.2) is 71.3 Å². The third-order valence-electron chi connectivity index (χ3n) is 3.90. The zero-order valence-corrected chi connectivity index (χ0v) is 15.9. The quantitative estimate of drug-likeness (QED) is 0.839. The molecule has 1 saturated heterocycles. The van der Waals surface area contributed by atoms with Crippen molar-refractivity contribution >= 4 is 18.0 Å². The molecule has 2 rings (SSSR count). The van der Waals surface area contributed by atoms with Gasteiger partial charge in [-0.15, -0.1) is 0 Å². The molecule has 0 unspecified atom stereocenters. The van der Waals surface area contributed by atoms with Crippen molar-refractivity contribution < 1.29 is 29.0 Å². The molecular formula is C19H26N2O6. The highest BCUT2D eigenvalue weighted by atomic mass is 16.6. The fourth-order valence-corrected chi connectivity index (χ4v) is 2.64. The second kappa shape index (κ2) is 8.75. The Kier molecular flexibility index (Phi) is 6.65. The highest BCUT2D eigenvalue weighted by Crippen LogP contribution is 2.16. The van der Waals surface area contributed by atoms with Gasteiger partial charge in [0.15, 0.2) is 6.61 Å². The summed E-state index contributed by atoms with van der Waals surface area (Å²) in [5.41, 5.74) is 0.204. The van der Waals surface area contributed by atoms with Crippen molar-refractivity contribution in [3.05, 3.63) is 29.8 Å². The van der Waals surface area contributed by atoms with Crippen molar-refractivity contribution in [2.45, 2.75) is 32.8 Å². The molecule has 0 saturated carbocycles. The first-order valence-electron chi connectivity index (χ1n) is 8.83. The van der Waals surface area contributed by atoms with Gasteiger partial charge in [-0.2, -0.15) is 0 Å². The number of hydrogen-bond donors (Lipinski definition) is 1. The lowest BCUT2D eigenvalue weighted by Gasteiger charge is -2.35. The second-order valence-electron chi connectivity index (χ2n) is 7.35. The van der Waals surface area contributed by atoms with Gasteiger partial charge in [-0.1, -0.05) is 12.1 Å². The van der Waals surface area contributed by atoms with Gasteiger partial charge in [-0.05, 0) is 38.5 Å². The number of ether oxygens (including phenoxy) is 2. The van der Waals surface area contributed by atoms with E-state index in [0.29, 0.717) is 31.9 Å². The number of piperazine rings is 1. The van der Waals surface area contributed by atoms with Crippen LogP contribution in [0.1, 0.15) is 26.3 Å². The molecule has 1 aromatic carbocycles. The molecule has 0 aromatic heterocycles. The Morgan fingerprint density at radius 1 is 1.07 bits per heavy atom. The van der Waals surface area contributed by atoms with Crippen LogP contribution in [0.3, 0.4) is 0 Å². The van der Waals surface area contributed by atoms with Gasteiger partial charge in [0.1, 0.15) is 11.4 Å². The van der Waals surface area contributed by atoms with Gasteiger partial charge in [0.05, 0.1) is 6.42 Å². The molecule has 0 spiro atoms. The number of amides is 2. The highest BCUT2D eigenvalue weighted by Gasteiger charge is 2.27. The molecule has 1 aliphatic heterocycles. The molecule has 0 radical (unpaired) electrons. The third kappa shape index (κ3) is 6.80. The van der Waals surface area contributed by atoms with Crippen LogP contribution in [0.5, 0.6) is 5.75 Å². The van der Waals surface area contributed by atoms with Crippen molar-refractivity contribution in [2.24, 2.45) is 0 Å². The van der Waals surface area contributed by atoms with Crippen LogP contribution in [0.15, 0.2) is 24.3 Å². The minimum Gasteiger partial charge on any atom is -0.482 e. The average Bonchev–Trinajstić information content (AvgIpc) is 2.59. The Bertz CT molecular complexity index is 690. The summed E-state index contributed by atoms with van der Waals surface area (Å²) in [4.78, 5) is 38.5. The summed E-state index contributed by atoms with van der Waals surface area (Å²) in [6.45, 7) is 6.80. The van der Waals surface area contributed by atoms with Gasteiger partial charge in [0, 0.05) is 26.2 Å². The summed E-state index contributed by atoms with van der Waals surface area (Å²) in [6, 6.07) is 6.83. The molecule has 148 valence electrons. The van der Waals surface area contributed by atoms with Crippen LogP contribution in [-0.2, 0) is 20.7 Å². The van der Waals surface area contributed by atoms with Gasteiger partial charge in [0.25, 0.3) is 0 Å². The fourth-order valence-electron chi connectivity index (χ4n) is 2.64. The molecule has 0 bridgehead atoms. The number of benzene rings is 1. The number of hydrogen-bond acceptors (Lipinski definition) is 5. The van der Waals surface area contributed by atoms with E-state index in [1.165, 1.54) is 0 Å². The van der Waals surface area contributed by atoms with E-state index >= 15 is 0 Å². The minimum absolute atomic E-state index is 0.0470. The molecule has 1 N–H and O–H groups in total. The van der Waals surface area contributed by atoms with E-state index in [1.807, 2.05) is 20.8 Å². The lowest BCUT2D eigenvalue weighted by Crippen LogP contribution is -2.51. The summed E-state index contributed by atoms with van der Waals surface area (Å²) < 4.78 is 10.5. The van der Waals surface area contributed by atoms with E-state index in [4.69, 9.17) is 14.6 Å². The number of carboxylic acids is 1. The first-order valence-corrected chi connectivity index (χ1v) is 8.83. The summed E-state index contributed by atoms with van der Waals surface area (Å²) in [6.07, 6.45) is -0.172. The lowest BCUT2D eigenvalue weighted by atomic mass is 10.1. The van der Waals surface area contributed by atoms with E-state index < -0.39 is 18.2 Å². The van der Waals surface area contributed by atoms with Gasteiger partial charge >= 0.3 is 12.1 Å². The molecule has 2 amide bonds. The van der Waals surface area contributed by atoms with Crippen LogP contribution in [0, 0.1) is 0 Å². The first kappa shape index (κ1) is 20.5. The Morgan fingerprint density at radius 3 is 2.30 bits per heavy atom. The first-order chi connectivity index (χ1) is 12.6. The number of aliphatic carboxylic acids is 1. The topological polar surface area (TPSA) is 96.4 Å². The maximum atomic E-state index is 12.5. The molecule has 27 heavy (non-hydrogen) atoms. The van der Waals surface area contributed by atoms with Crippen LogP contribution >= 0.6 is 0 Å². The zero-order chi connectivity index (χ0) is 20.0. The lowest BCUT2D eigenvalue weighted by molar-refractivity contribution is -0.139. The van der Waals surface area contributed by atoms with E-state index in [9.17, 15) is 14.4 Å². The van der Waals surface area contributed by atoms with Crippen molar-refractivity contribution in [1.29, 1.82) is 0 Å². The Balaban J connectivity index is 1.85. The van der Waals surface area contributed by atoms with Crippen molar-refractivity contribution in [2.75, 3.05) is 32.8 Å². The third-order valence-corrected chi connectivity index (χ3v) is 3.90. The normalized spacial score (nSPS) is 14.6. The van der Waals surface area contributed by atoms with Crippen LogP contribution in [0.4, 0.5) is 4.79 Å². The standard InChI is InChI=1S/C19H26N2O6/c1-19(2,3)27-18(25)21-9-7-20(8-10-21)16(22)12-14-5-4-6-15(11-14)26-13-17(23)24/h4-6,11H,7-10,12-13H2,1-3H3,(H,23,24). The summed E-state index contributed by atoms with van der Waals surface area (Å²) in [5, 5.41) is 8.66. The molecule has 1 aliphatic rings. The van der Waals surface area contributed by atoms with Crippen LogP contribution < -0.4 is 4.74 Å². The highest BCUT2D eigenvalue weighted by molar-refractivity contribution is 5.79. The summed E-state index contributed by atoms with van der Waals surface area (Å²) in [7, 11) is 0. The number of carbonyl (C=O) groups excluding carboxylic acids is 2. The predicted molar refractivity (Wildman–Crippen MR) is 97.7 cm³/mol. The smallest absolute Gasteiger partial charge is 0.410 e. The Morgan fingerprint density at radius 2 is 1.70 bits per heavy atom. The maximum Gasteiger partial charge on any atom is 0.410 e. The van der Waals surface area contributed by atoms with Gasteiger partial charge in [0.2, 0.25) is 5.91 Å². The molecule has 1 heterocycles. The van der Waals surface area contributed by atoms with Gasteiger partial charge in [-0.3, -0.25) is 4.79 Å². The minimum atomic E-state index is -1.06. The molecule has 0 atom stereocenters. The van der Waals surface area contributed by atoms with Crippen molar-refractivity contribution in [1.82, 2.24) is 9.80 Å². The molecule has 1 fully saturated rings. The van der Waals surface area contributed by atoms with Gasteiger partial charge in [-0.25, -0.2) is 9.59 Å². The van der Waals surface area contributed by atoms with E-state index in [0.717, 1.165) is 5.56 Å². The average molecular weight is 378 g/mol. The number of carbonyl (C=O) groups is 3. The maximum absolute atomic E-state index is 12.5. The van der Waals surface area contributed by atoms with E-state index in [-0.39, 0.29) is 18.4 Å². The fraction of sp³-hybridized carbons (Fsp3) is 0.526. The molecule has 1 aromatic rings. The number of nitrogens with zero attached hydrogens (tertiary/aromatic N) is 2. The van der Waals surface area contributed by atoms with Crippen LogP contribution in [0.2, 0.25) is 0 Å². The Hall–Kier alpha value is -2.77. The number of carboxylic acid groups (broad SMARTS) is 1. The van der Waals surface area contributed by atoms with Crippen LogP contribution in [0.25, 0.3) is 0 Å². The number of rotatable bonds is 5. The van der Waals surface area contributed by atoms with Crippen molar-refractivity contribution in [3.63, 3.8) is 0 Å². The monoisotopic (exact) mass is 378 g/mol. The molecule has 8 nitrogen and oxygen atoms in total. The Labute approximate surface area is 158 Å². The zero-order valence-electron chi connectivity index (χ0n) is 15.9.